The molecule has 1 saturated heterocycles. The van der Waals surface area contributed by atoms with Crippen LogP contribution in [0.15, 0.2) is 6.20 Å². The number of ether oxygens (including phenoxy) is 1. The molecule has 0 aliphatic carbocycles. The van der Waals surface area contributed by atoms with Gasteiger partial charge in [0.05, 0.1) is 11.1 Å². The molecule has 0 atom stereocenters. The lowest BCUT2D eigenvalue weighted by Gasteiger charge is -2.22. The van der Waals surface area contributed by atoms with E-state index in [0.717, 1.165) is 34.8 Å². The van der Waals surface area contributed by atoms with E-state index in [1.165, 1.54) is 0 Å². The Kier molecular flexibility index (Phi) is 3.10. The molecule has 0 unspecified atom stereocenters. The summed E-state index contributed by atoms with van der Waals surface area (Å²) >= 11 is 8.07. The highest BCUT2D eigenvalue weighted by molar-refractivity contribution is 14.1. The molecule has 3 nitrogen and oxygen atoms in total. The van der Waals surface area contributed by atoms with E-state index in [9.17, 15) is 0 Å². The van der Waals surface area contributed by atoms with Crippen molar-refractivity contribution in [2.24, 2.45) is 0 Å². The molecule has 0 amide bonds. The Labute approximate surface area is 95.5 Å². The van der Waals surface area contributed by atoms with Gasteiger partial charge in [-0.05, 0) is 35.4 Å². The third kappa shape index (κ3) is 2.16. The normalized spacial score (nSPS) is 19.2. The zero-order valence-electron chi connectivity index (χ0n) is 7.04. The summed E-state index contributed by atoms with van der Waals surface area (Å²) in [5, 5.41) is 5.09. The summed E-state index contributed by atoms with van der Waals surface area (Å²) in [7, 11) is 0. The van der Waals surface area contributed by atoms with Gasteiger partial charge in [-0.1, -0.05) is 11.6 Å². The average Bonchev–Trinajstić information content (AvgIpc) is 2.49. The summed E-state index contributed by atoms with van der Waals surface area (Å²) < 4.78 is 8.13. The lowest BCUT2D eigenvalue weighted by molar-refractivity contribution is 0.0661. The van der Waals surface area contributed by atoms with Crippen LogP contribution in [0, 0.1) is 3.70 Å². The van der Waals surface area contributed by atoms with E-state index in [-0.39, 0.29) is 0 Å². The summed E-state index contributed by atoms with van der Waals surface area (Å²) in [5.41, 5.74) is 0. The lowest BCUT2D eigenvalue weighted by atomic mass is 10.1. The molecule has 1 fully saturated rings. The second-order valence-electron chi connectivity index (χ2n) is 3.09. The number of aromatic nitrogens is 2. The molecule has 0 radical (unpaired) electrons. The van der Waals surface area contributed by atoms with E-state index in [2.05, 4.69) is 27.7 Å². The van der Waals surface area contributed by atoms with Crippen LogP contribution in [0.3, 0.4) is 0 Å². The van der Waals surface area contributed by atoms with Gasteiger partial charge in [0.15, 0.2) is 0 Å². The Hall–Kier alpha value is 0.190. The topological polar surface area (TPSA) is 27.1 Å². The number of rotatable bonds is 1. The Morgan fingerprint density at radius 3 is 2.77 bits per heavy atom. The Morgan fingerprint density at radius 2 is 2.23 bits per heavy atom. The van der Waals surface area contributed by atoms with E-state index in [0.29, 0.717) is 6.04 Å². The third-order valence-electron chi connectivity index (χ3n) is 2.21. The molecular formula is C8H10ClIN2O. The van der Waals surface area contributed by atoms with Crippen LogP contribution in [0.1, 0.15) is 18.9 Å². The summed E-state index contributed by atoms with van der Waals surface area (Å²) in [6, 6.07) is 0.467. The summed E-state index contributed by atoms with van der Waals surface area (Å²) in [6.07, 6.45) is 3.97. The van der Waals surface area contributed by atoms with Crippen molar-refractivity contribution in [2.75, 3.05) is 13.2 Å². The maximum Gasteiger partial charge on any atom is 0.141 e. The van der Waals surface area contributed by atoms with Gasteiger partial charge in [-0.3, -0.25) is 4.68 Å². The van der Waals surface area contributed by atoms with Gasteiger partial charge in [0.25, 0.3) is 0 Å². The molecule has 2 heterocycles. The molecule has 0 bridgehead atoms. The fraction of sp³-hybridized carbons (Fsp3) is 0.625. The van der Waals surface area contributed by atoms with E-state index >= 15 is 0 Å². The molecule has 13 heavy (non-hydrogen) atoms. The molecule has 0 aromatic carbocycles. The smallest absolute Gasteiger partial charge is 0.141 e. The average molecular weight is 313 g/mol. The highest BCUT2D eigenvalue weighted by Gasteiger charge is 2.17. The van der Waals surface area contributed by atoms with Crippen LogP contribution in [-0.2, 0) is 4.74 Å². The molecule has 1 aromatic rings. The number of halogens is 2. The molecule has 0 N–H and O–H groups in total. The Balaban J connectivity index is 2.14. The molecule has 5 heteroatoms. The second kappa shape index (κ2) is 4.14. The minimum atomic E-state index is 0.467. The van der Waals surface area contributed by atoms with Gasteiger partial charge in [-0.25, -0.2) is 0 Å². The minimum Gasteiger partial charge on any atom is -0.381 e. The van der Waals surface area contributed by atoms with Gasteiger partial charge in [0.2, 0.25) is 0 Å². The third-order valence-corrected chi connectivity index (χ3v) is 3.60. The first kappa shape index (κ1) is 9.73. The zero-order chi connectivity index (χ0) is 9.26. The SMILES string of the molecule is Clc1cn(C2CCOCC2)nc1I. The fourth-order valence-corrected chi connectivity index (χ4v) is 2.01. The maximum absolute atomic E-state index is 5.93. The quantitative estimate of drug-likeness (QED) is 0.745. The van der Waals surface area contributed by atoms with Crippen molar-refractivity contribution in [1.82, 2.24) is 9.78 Å². The van der Waals surface area contributed by atoms with Crippen LogP contribution < -0.4 is 0 Å². The van der Waals surface area contributed by atoms with Crippen molar-refractivity contribution in [3.63, 3.8) is 0 Å². The molecule has 72 valence electrons. The highest BCUT2D eigenvalue weighted by Crippen LogP contribution is 2.24. The Bertz CT molecular complexity index is 277. The van der Waals surface area contributed by atoms with Gasteiger partial charge >= 0.3 is 0 Å². The molecule has 1 aliphatic heterocycles. The van der Waals surface area contributed by atoms with Crippen molar-refractivity contribution >= 4 is 34.2 Å². The first-order chi connectivity index (χ1) is 6.27. The number of hydrogen-bond donors (Lipinski definition) is 0. The van der Waals surface area contributed by atoms with E-state index in [1.54, 1.807) is 0 Å². The predicted octanol–water partition coefficient (Wildman–Crippen LogP) is 2.49. The Morgan fingerprint density at radius 1 is 1.54 bits per heavy atom. The molecule has 0 spiro atoms. The van der Waals surface area contributed by atoms with Crippen LogP contribution >= 0.6 is 34.2 Å². The first-order valence-corrected chi connectivity index (χ1v) is 5.71. The maximum atomic E-state index is 5.93. The van der Waals surface area contributed by atoms with Gasteiger partial charge in [0, 0.05) is 19.4 Å². The minimum absolute atomic E-state index is 0.467. The van der Waals surface area contributed by atoms with Gasteiger partial charge in [-0.15, -0.1) is 0 Å². The molecular weight excluding hydrogens is 302 g/mol. The van der Waals surface area contributed by atoms with Crippen LogP contribution in [0.4, 0.5) is 0 Å². The summed E-state index contributed by atoms with van der Waals surface area (Å²) in [4.78, 5) is 0. The fourth-order valence-electron chi connectivity index (χ4n) is 1.48. The first-order valence-electron chi connectivity index (χ1n) is 4.25. The van der Waals surface area contributed by atoms with E-state index in [4.69, 9.17) is 16.3 Å². The van der Waals surface area contributed by atoms with Crippen LogP contribution in [0.25, 0.3) is 0 Å². The molecule has 0 saturated carbocycles. The number of nitrogens with zero attached hydrogens (tertiary/aromatic N) is 2. The van der Waals surface area contributed by atoms with Crippen molar-refractivity contribution in [3.05, 3.63) is 14.9 Å². The molecule has 1 aromatic heterocycles. The van der Waals surface area contributed by atoms with Crippen molar-refractivity contribution in [2.45, 2.75) is 18.9 Å². The molecule has 1 aliphatic rings. The lowest BCUT2D eigenvalue weighted by Crippen LogP contribution is -2.19. The van der Waals surface area contributed by atoms with Crippen LogP contribution in [0.5, 0.6) is 0 Å². The van der Waals surface area contributed by atoms with Gasteiger partial charge < -0.3 is 4.74 Å². The van der Waals surface area contributed by atoms with E-state index in [1.807, 2.05) is 10.9 Å². The number of hydrogen-bond acceptors (Lipinski definition) is 2. The predicted molar refractivity (Wildman–Crippen MR) is 59.0 cm³/mol. The largest absolute Gasteiger partial charge is 0.381 e. The summed E-state index contributed by atoms with van der Waals surface area (Å²) in [6.45, 7) is 1.66. The van der Waals surface area contributed by atoms with Gasteiger partial charge in [-0.2, -0.15) is 5.10 Å². The zero-order valence-corrected chi connectivity index (χ0v) is 9.96. The standard InChI is InChI=1S/C8H10ClIN2O/c9-7-5-12(11-8(7)10)6-1-3-13-4-2-6/h5-6H,1-4H2. The molecule has 2 rings (SSSR count). The van der Waals surface area contributed by atoms with Crippen molar-refractivity contribution in [1.29, 1.82) is 0 Å². The highest BCUT2D eigenvalue weighted by atomic mass is 127. The van der Waals surface area contributed by atoms with Gasteiger partial charge in [0.1, 0.15) is 3.70 Å². The van der Waals surface area contributed by atoms with E-state index < -0.39 is 0 Å². The van der Waals surface area contributed by atoms with Crippen molar-refractivity contribution in [3.8, 4) is 0 Å². The van der Waals surface area contributed by atoms with Crippen LogP contribution in [-0.4, -0.2) is 23.0 Å². The monoisotopic (exact) mass is 312 g/mol. The van der Waals surface area contributed by atoms with Crippen LogP contribution in [0.2, 0.25) is 5.02 Å². The van der Waals surface area contributed by atoms with Crippen molar-refractivity contribution < 1.29 is 4.74 Å². The second-order valence-corrected chi connectivity index (χ2v) is 4.52. The summed E-state index contributed by atoms with van der Waals surface area (Å²) in [5.74, 6) is 0.